The Morgan fingerprint density at radius 2 is 2.00 bits per heavy atom. The van der Waals surface area contributed by atoms with Gasteiger partial charge in [0.2, 0.25) is 0 Å². The lowest BCUT2D eigenvalue weighted by Crippen LogP contribution is -2.34. The molecular formula is C20H20N6O. The van der Waals surface area contributed by atoms with Crippen LogP contribution in [0.15, 0.2) is 61.3 Å². The lowest BCUT2D eigenvalue weighted by Gasteiger charge is -2.28. The highest BCUT2D eigenvalue weighted by molar-refractivity contribution is 5.94. The molecule has 136 valence electrons. The first-order valence-electron chi connectivity index (χ1n) is 8.84. The van der Waals surface area contributed by atoms with Gasteiger partial charge in [0.05, 0.1) is 12.1 Å². The summed E-state index contributed by atoms with van der Waals surface area (Å²) in [5.74, 6) is 2.48. The van der Waals surface area contributed by atoms with Crippen LogP contribution in [0.2, 0.25) is 0 Å². The monoisotopic (exact) mass is 360 g/mol. The van der Waals surface area contributed by atoms with Crippen molar-refractivity contribution in [1.29, 1.82) is 0 Å². The van der Waals surface area contributed by atoms with E-state index in [0.29, 0.717) is 18.7 Å². The number of hydrogen-bond donors (Lipinski definition) is 1. The second kappa shape index (κ2) is 7.41. The maximum atomic E-state index is 12.0. The molecule has 3 aromatic rings. The van der Waals surface area contributed by atoms with E-state index in [1.54, 1.807) is 18.3 Å². The van der Waals surface area contributed by atoms with Gasteiger partial charge in [-0.05, 0) is 12.1 Å². The van der Waals surface area contributed by atoms with Crippen LogP contribution < -0.4 is 10.2 Å². The van der Waals surface area contributed by atoms with E-state index >= 15 is 0 Å². The third-order valence-corrected chi connectivity index (χ3v) is 4.53. The van der Waals surface area contributed by atoms with Gasteiger partial charge in [0, 0.05) is 31.4 Å². The number of anilines is 1. The van der Waals surface area contributed by atoms with Crippen molar-refractivity contribution in [3.63, 3.8) is 0 Å². The predicted molar refractivity (Wildman–Crippen MR) is 103 cm³/mol. The summed E-state index contributed by atoms with van der Waals surface area (Å²) >= 11 is 0. The molecule has 0 fully saturated rings. The molecule has 0 saturated carbocycles. The Morgan fingerprint density at radius 1 is 1.15 bits per heavy atom. The van der Waals surface area contributed by atoms with Crippen molar-refractivity contribution < 1.29 is 4.79 Å². The van der Waals surface area contributed by atoms with Crippen molar-refractivity contribution in [1.82, 2.24) is 25.1 Å². The molecule has 3 heterocycles. The van der Waals surface area contributed by atoms with Crippen LogP contribution in [0.4, 0.5) is 5.82 Å². The molecule has 0 unspecified atom stereocenters. The number of nitrogens with zero attached hydrogens (tertiary/aromatic N) is 5. The Bertz CT molecular complexity index is 948. The highest BCUT2D eigenvalue weighted by Crippen LogP contribution is 2.23. The van der Waals surface area contributed by atoms with Crippen molar-refractivity contribution in [2.45, 2.75) is 13.1 Å². The Labute approximate surface area is 157 Å². The van der Waals surface area contributed by atoms with Crippen LogP contribution >= 0.6 is 0 Å². The Balaban J connectivity index is 1.49. The maximum Gasteiger partial charge on any atom is 0.253 e. The summed E-state index contributed by atoms with van der Waals surface area (Å²) in [6, 6.07) is 13.7. The second-order valence-electron chi connectivity index (χ2n) is 6.28. The minimum Gasteiger partial charge on any atom is -0.349 e. The molecular weight excluding hydrogens is 340 g/mol. The molecule has 7 heteroatoms. The van der Waals surface area contributed by atoms with E-state index in [-0.39, 0.29) is 5.91 Å². The predicted octanol–water partition coefficient (Wildman–Crippen LogP) is 2.28. The number of amides is 1. The quantitative estimate of drug-likeness (QED) is 0.707. The average Bonchev–Trinajstić information content (AvgIpc) is 3.16. The topological polar surface area (TPSA) is 75.9 Å². The highest BCUT2D eigenvalue weighted by Gasteiger charge is 2.22. The van der Waals surface area contributed by atoms with Crippen LogP contribution in [-0.2, 0) is 13.1 Å². The van der Waals surface area contributed by atoms with E-state index < -0.39 is 0 Å². The summed E-state index contributed by atoms with van der Waals surface area (Å²) in [7, 11) is 0. The van der Waals surface area contributed by atoms with Crippen LogP contribution in [0.25, 0.3) is 11.4 Å². The van der Waals surface area contributed by atoms with E-state index in [1.165, 1.54) is 0 Å². The molecule has 0 radical (unpaired) electrons. The Hall–Kier alpha value is -3.48. The molecule has 0 saturated heterocycles. The molecule has 0 aliphatic carbocycles. The number of pyridine rings is 1. The van der Waals surface area contributed by atoms with Crippen molar-refractivity contribution in [3.05, 3.63) is 72.7 Å². The molecule has 1 aromatic carbocycles. The van der Waals surface area contributed by atoms with E-state index in [9.17, 15) is 4.79 Å². The van der Waals surface area contributed by atoms with Gasteiger partial charge in [-0.3, -0.25) is 4.79 Å². The van der Waals surface area contributed by atoms with Gasteiger partial charge < -0.3 is 14.8 Å². The van der Waals surface area contributed by atoms with Gasteiger partial charge in [0.15, 0.2) is 11.6 Å². The molecule has 1 amide bonds. The number of aromatic nitrogens is 4. The summed E-state index contributed by atoms with van der Waals surface area (Å²) in [6.45, 7) is 6.25. The van der Waals surface area contributed by atoms with Gasteiger partial charge in [-0.2, -0.15) is 0 Å². The smallest absolute Gasteiger partial charge is 0.253 e. The first-order chi connectivity index (χ1) is 13.3. The lowest BCUT2D eigenvalue weighted by molar-refractivity contribution is 0.0957. The van der Waals surface area contributed by atoms with Crippen molar-refractivity contribution in [3.8, 4) is 11.4 Å². The molecule has 1 aliphatic heterocycles. The first-order valence-corrected chi connectivity index (χ1v) is 8.84. The molecule has 1 aliphatic rings. The second-order valence-corrected chi connectivity index (χ2v) is 6.28. The summed E-state index contributed by atoms with van der Waals surface area (Å²) in [5.41, 5.74) is 1.60. The average molecular weight is 360 g/mol. The molecule has 0 spiro atoms. The minimum absolute atomic E-state index is 0.153. The number of benzene rings is 1. The fraction of sp³-hybridized carbons (Fsp3) is 0.200. The third-order valence-electron chi connectivity index (χ3n) is 4.53. The summed E-state index contributed by atoms with van der Waals surface area (Å²) in [6.07, 6.45) is 3.25. The zero-order chi connectivity index (χ0) is 18.6. The van der Waals surface area contributed by atoms with Gasteiger partial charge in [-0.1, -0.05) is 36.4 Å². The molecule has 0 atom stereocenters. The Kier molecular flexibility index (Phi) is 4.65. The highest BCUT2D eigenvalue weighted by atomic mass is 16.1. The molecule has 2 aromatic heterocycles. The SMILES string of the molecule is C=CCNC(=O)c1ccc(N2CCn3c(nnc3-c3ccccc3)C2)nc1. The maximum absolute atomic E-state index is 12.0. The summed E-state index contributed by atoms with van der Waals surface area (Å²) in [5, 5.41) is 11.5. The summed E-state index contributed by atoms with van der Waals surface area (Å²) < 4.78 is 2.16. The van der Waals surface area contributed by atoms with Crippen LogP contribution in [0.3, 0.4) is 0 Å². The van der Waals surface area contributed by atoms with E-state index in [2.05, 4.69) is 36.5 Å². The van der Waals surface area contributed by atoms with Gasteiger partial charge in [-0.15, -0.1) is 16.8 Å². The van der Waals surface area contributed by atoms with Gasteiger partial charge in [0.25, 0.3) is 5.91 Å². The number of rotatable bonds is 5. The zero-order valence-electron chi connectivity index (χ0n) is 14.9. The molecule has 0 bridgehead atoms. The number of hydrogen-bond acceptors (Lipinski definition) is 5. The van der Waals surface area contributed by atoms with E-state index in [0.717, 1.165) is 36.1 Å². The number of carbonyl (C=O) groups is 1. The van der Waals surface area contributed by atoms with Crippen LogP contribution in [-0.4, -0.2) is 38.7 Å². The fourth-order valence-corrected chi connectivity index (χ4v) is 3.13. The normalized spacial score (nSPS) is 13.1. The number of nitrogens with one attached hydrogen (secondary N) is 1. The van der Waals surface area contributed by atoms with Gasteiger partial charge in [0.1, 0.15) is 5.82 Å². The third kappa shape index (κ3) is 3.44. The summed E-state index contributed by atoms with van der Waals surface area (Å²) in [4.78, 5) is 18.6. The number of carbonyl (C=O) groups excluding carboxylic acids is 1. The van der Waals surface area contributed by atoms with Crippen LogP contribution in [0.5, 0.6) is 0 Å². The number of fused-ring (bicyclic) bond motifs is 1. The standard InChI is InChI=1S/C20H20N6O/c1-2-10-21-20(27)16-8-9-17(22-13-16)25-11-12-26-18(14-25)23-24-19(26)15-6-4-3-5-7-15/h2-9,13H,1,10-12,14H2,(H,21,27). The molecule has 27 heavy (non-hydrogen) atoms. The van der Waals surface area contributed by atoms with Crippen molar-refractivity contribution >= 4 is 11.7 Å². The van der Waals surface area contributed by atoms with Crippen LogP contribution in [0, 0.1) is 0 Å². The lowest BCUT2D eigenvalue weighted by atomic mass is 10.2. The fourth-order valence-electron chi connectivity index (χ4n) is 3.13. The van der Waals surface area contributed by atoms with Crippen molar-refractivity contribution in [2.75, 3.05) is 18.0 Å². The van der Waals surface area contributed by atoms with E-state index in [4.69, 9.17) is 0 Å². The Morgan fingerprint density at radius 3 is 2.74 bits per heavy atom. The molecule has 1 N–H and O–H groups in total. The minimum atomic E-state index is -0.153. The molecule has 4 rings (SSSR count). The van der Waals surface area contributed by atoms with Crippen LogP contribution in [0.1, 0.15) is 16.2 Å². The zero-order valence-corrected chi connectivity index (χ0v) is 14.9. The largest absolute Gasteiger partial charge is 0.349 e. The molecule has 7 nitrogen and oxygen atoms in total. The van der Waals surface area contributed by atoms with Gasteiger partial charge in [-0.25, -0.2) is 4.98 Å². The van der Waals surface area contributed by atoms with E-state index in [1.807, 2.05) is 36.4 Å². The van der Waals surface area contributed by atoms with Crippen molar-refractivity contribution in [2.24, 2.45) is 0 Å². The van der Waals surface area contributed by atoms with Gasteiger partial charge >= 0.3 is 0 Å². The first kappa shape index (κ1) is 17.0.